The van der Waals surface area contributed by atoms with Gasteiger partial charge in [-0.1, -0.05) is 6.58 Å². The van der Waals surface area contributed by atoms with Gasteiger partial charge in [-0.15, -0.1) is 0 Å². The molecule has 5 nitrogen and oxygen atoms in total. The molecule has 0 unspecified atom stereocenters. The zero-order valence-electron chi connectivity index (χ0n) is 8.62. The maximum atomic E-state index is 10.9. The van der Waals surface area contributed by atoms with Gasteiger partial charge in [0, 0.05) is 12.0 Å². The molecular weight excluding hydrogens is 200 g/mol. The number of rotatable bonds is 7. The Bertz CT molecular complexity index is 280. The van der Waals surface area contributed by atoms with Crippen LogP contribution in [0.2, 0.25) is 0 Å². The number of esters is 1. The molecule has 0 amide bonds. The van der Waals surface area contributed by atoms with Crippen molar-refractivity contribution in [2.75, 3.05) is 6.61 Å². The first-order chi connectivity index (χ1) is 6.93. The number of carboxylic acid groups (broad SMARTS) is 1. The van der Waals surface area contributed by atoms with Gasteiger partial charge in [0.05, 0.1) is 6.61 Å². The van der Waals surface area contributed by atoms with Crippen LogP contribution in [0.1, 0.15) is 26.2 Å². The number of aliphatic carboxylic acids is 1. The Morgan fingerprint density at radius 2 is 1.93 bits per heavy atom. The summed E-state index contributed by atoms with van der Waals surface area (Å²) in [5, 5.41) is 8.28. The largest absolute Gasteiger partial charge is 0.481 e. The molecule has 0 fully saturated rings. The lowest BCUT2D eigenvalue weighted by atomic mass is 10.2. The molecule has 1 N–H and O–H groups in total. The Labute approximate surface area is 87.7 Å². The lowest BCUT2D eigenvalue weighted by Crippen LogP contribution is -2.10. The van der Waals surface area contributed by atoms with Crippen LogP contribution in [-0.4, -0.2) is 29.4 Å². The second kappa shape index (κ2) is 6.75. The first-order valence-electron chi connectivity index (χ1n) is 4.49. The smallest absolute Gasteiger partial charge is 0.333 e. The average Bonchev–Trinajstić information content (AvgIpc) is 2.10. The fourth-order valence-corrected chi connectivity index (χ4v) is 0.814. The highest BCUT2D eigenvalue weighted by atomic mass is 16.5. The van der Waals surface area contributed by atoms with E-state index in [1.54, 1.807) is 0 Å². The number of carbonyl (C=O) groups is 3. The van der Waals surface area contributed by atoms with E-state index in [1.165, 1.54) is 6.92 Å². The van der Waals surface area contributed by atoms with Crippen molar-refractivity contribution >= 4 is 17.7 Å². The van der Waals surface area contributed by atoms with Crippen LogP contribution >= 0.6 is 0 Å². The Morgan fingerprint density at radius 3 is 2.40 bits per heavy atom. The van der Waals surface area contributed by atoms with E-state index in [0.717, 1.165) is 0 Å². The summed E-state index contributed by atoms with van der Waals surface area (Å²) in [6.07, 6.45) is -0.0324. The zero-order valence-corrected chi connectivity index (χ0v) is 8.62. The topological polar surface area (TPSA) is 80.7 Å². The number of hydrogen-bond acceptors (Lipinski definition) is 4. The van der Waals surface area contributed by atoms with E-state index in [1.807, 2.05) is 0 Å². The number of ketones is 1. The second-order valence-electron chi connectivity index (χ2n) is 3.13. The summed E-state index contributed by atoms with van der Waals surface area (Å²) in [6, 6.07) is 0. The molecule has 0 radical (unpaired) electrons. The fraction of sp³-hybridized carbons (Fsp3) is 0.500. The highest BCUT2D eigenvalue weighted by Crippen LogP contribution is 1.98. The summed E-state index contributed by atoms with van der Waals surface area (Å²) in [4.78, 5) is 31.9. The minimum atomic E-state index is -1.14. The minimum Gasteiger partial charge on any atom is -0.481 e. The third kappa shape index (κ3) is 7.42. The van der Waals surface area contributed by atoms with Gasteiger partial charge in [-0.3, -0.25) is 9.59 Å². The van der Waals surface area contributed by atoms with Gasteiger partial charge in [-0.25, -0.2) is 4.79 Å². The van der Waals surface area contributed by atoms with Gasteiger partial charge in [0.15, 0.2) is 0 Å². The van der Waals surface area contributed by atoms with Gasteiger partial charge in [-0.2, -0.15) is 0 Å². The number of Topliss-reactive ketones (excluding diaryl/α,β-unsaturated/α-hetero) is 1. The molecule has 0 atom stereocenters. The highest BCUT2D eigenvalue weighted by Gasteiger charge is 2.08. The summed E-state index contributed by atoms with van der Waals surface area (Å²) in [5.74, 6) is -2.01. The lowest BCUT2D eigenvalue weighted by Gasteiger charge is -2.02. The van der Waals surface area contributed by atoms with E-state index in [2.05, 4.69) is 6.58 Å². The predicted octanol–water partition coefficient (Wildman–Crippen LogP) is 0.930. The molecule has 0 aliphatic rings. The van der Waals surface area contributed by atoms with Gasteiger partial charge in [0.25, 0.3) is 0 Å². The van der Waals surface area contributed by atoms with Crippen molar-refractivity contribution in [3.63, 3.8) is 0 Å². The van der Waals surface area contributed by atoms with Crippen molar-refractivity contribution in [3.05, 3.63) is 12.2 Å². The van der Waals surface area contributed by atoms with Gasteiger partial charge >= 0.3 is 11.9 Å². The van der Waals surface area contributed by atoms with Crippen molar-refractivity contribution in [1.82, 2.24) is 0 Å². The van der Waals surface area contributed by atoms with Crippen LogP contribution in [0.3, 0.4) is 0 Å². The van der Waals surface area contributed by atoms with Crippen LogP contribution < -0.4 is 0 Å². The summed E-state index contributed by atoms with van der Waals surface area (Å²) in [5.41, 5.74) is 0.298. The molecule has 0 heterocycles. The Hall–Kier alpha value is -1.65. The van der Waals surface area contributed by atoms with Crippen molar-refractivity contribution in [2.45, 2.75) is 26.2 Å². The quantitative estimate of drug-likeness (QED) is 0.295. The van der Waals surface area contributed by atoms with E-state index >= 15 is 0 Å². The monoisotopic (exact) mass is 214 g/mol. The zero-order chi connectivity index (χ0) is 11.8. The summed E-state index contributed by atoms with van der Waals surface area (Å²) in [6.45, 7) is 5.02. The standard InChI is InChI=1S/C10H14O5/c1-7(2)10(14)15-5-3-4-8(11)6-9(12)13/h1,3-6H2,2H3,(H,12,13). The Balaban J connectivity index is 3.55. The molecule has 0 aliphatic heterocycles. The first kappa shape index (κ1) is 13.4. The summed E-state index contributed by atoms with van der Waals surface area (Å²) < 4.78 is 4.72. The predicted molar refractivity (Wildman–Crippen MR) is 52.3 cm³/mol. The van der Waals surface area contributed by atoms with Crippen molar-refractivity contribution in [2.24, 2.45) is 0 Å². The van der Waals surface area contributed by atoms with Gasteiger partial charge in [-0.05, 0) is 13.3 Å². The molecule has 0 saturated heterocycles. The van der Waals surface area contributed by atoms with E-state index in [4.69, 9.17) is 9.84 Å². The minimum absolute atomic E-state index is 0.107. The van der Waals surface area contributed by atoms with Gasteiger partial charge < -0.3 is 9.84 Å². The number of ether oxygens (including phenoxy) is 1. The van der Waals surface area contributed by atoms with Crippen molar-refractivity contribution in [1.29, 1.82) is 0 Å². The molecule has 0 aliphatic carbocycles. The lowest BCUT2D eigenvalue weighted by molar-refractivity contribution is -0.142. The van der Waals surface area contributed by atoms with Crippen LogP contribution in [-0.2, 0) is 19.1 Å². The fourth-order valence-electron chi connectivity index (χ4n) is 0.814. The van der Waals surface area contributed by atoms with E-state index in [0.29, 0.717) is 12.0 Å². The Morgan fingerprint density at radius 1 is 1.33 bits per heavy atom. The number of carbonyl (C=O) groups excluding carboxylic acids is 2. The van der Waals surface area contributed by atoms with Crippen LogP contribution in [0.25, 0.3) is 0 Å². The van der Waals surface area contributed by atoms with E-state index in [9.17, 15) is 14.4 Å². The Kier molecular flexibility index (Phi) is 6.01. The third-order valence-corrected chi connectivity index (χ3v) is 1.53. The molecule has 84 valence electrons. The summed E-state index contributed by atoms with van der Waals surface area (Å²) in [7, 11) is 0. The van der Waals surface area contributed by atoms with Gasteiger partial charge in [0.2, 0.25) is 0 Å². The molecule has 5 heteroatoms. The molecule has 0 aromatic carbocycles. The van der Waals surface area contributed by atoms with Crippen molar-refractivity contribution in [3.8, 4) is 0 Å². The molecule has 15 heavy (non-hydrogen) atoms. The van der Waals surface area contributed by atoms with Gasteiger partial charge in [0.1, 0.15) is 12.2 Å². The maximum absolute atomic E-state index is 10.9. The third-order valence-electron chi connectivity index (χ3n) is 1.53. The van der Waals surface area contributed by atoms with Crippen LogP contribution in [0.5, 0.6) is 0 Å². The van der Waals surface area contributed by atoms with Crippen LogP contribution in [0.4, 0.5) is 0 Å². The molecule has 0 aromatic rings. The van der Waals surface area contributed by atoms with E-state index < -0.39 is 18.4 Å². The molecule has 0 bridgehead atoms. The highest BCUT2D eigenvalue weighted by molar-refractivity contribution is 5.94. The second-order valence-corrected chi connectivity index (χ2v) is 3.13. The van der Waals surface area contributed by atoms with Crippen LogP contribution in [0.15, 0.2) is 12.2 Å². The summed E-state index contributed by atoms with van der Waals surface area (Å²) >= 11 is 0. The van der Waals surface area contributed by atoms with Crippen LogP contribution in [0, 0.1) is 0 Å². The number of hydrogen-bond donors (Lipinski definition) is 1. The molecule has 0 saturated carbocycles. The van der Waals surface area contributed by atoms with Crippen molar-refractivity contribution < 1.29 is 24.2 Å². The maximum Gasteiger partial charge on any atom is 0.333 e. The molecule has 0 aromatic heterocycles. The number of carboxylic acids is 1. The normalized spacial score (nSPS) is 9.40. The first-order valence-corrected chi connectivity index (χ1v) is 4.49. The average molecular weight is 214 g/mol. The SMILES string of the molecule is C=C(C)C(=O)OCCCC(=O)CC(=O)O. The molecular formula is C10H14O5. The van der Waals surface area contributed by atoms with E-state index in [-0.39, 0.29) is 18.8 Å². The molecule has 0 spiro atoms. The molecule has 0 rings (SSSR count).